The van der Waals surface area contributed by atoms with Gasteiger partial charge in [0.2, 0.25) is 0 Å². The summed E-state index contributed by atoms with van der Waals surface area (Å²) in [6.45, 7) is 0. The molecule has 1 aromatic carbocycles. The summed E-state index contributed by atoms with van der Waals surface area (Å²) in [4.78, 5) is 15.4. The van der Waals surface area contributed by atoms with Crippen molar-refractivity contribution in [1.29, 1.82) is 0 Å². The van der Waals surface area contributed by atoms with E-state index in [4.69, 9.17) is 0 Å². The Morgan fingerprint density at radius 1 is 1.03 bits per heavy atom. The molecule has 4 heterocycles. The van der Waals surface area contributed by atoms with Crippen LogP contribution in [0, 0.1) is 0 Å². The molecule has 29 heavy (non-hydrogen) atoms. The fourth-order valence-corrected chi connectivity index (χ4v) is 3.14. The molecule has 0 atom stereocenters. The maximum atomic E-state index is 13.6. The molecule has 0 amide bonds. The van der Waals surface area contributed by atoms with E-state index < -0.39 is 11.7 Å². The maximum Gasteiger partial charge on any atom is 0.418 e. The first-order valence-corrected chi connectivity index (χ1v) is 8.57. The van der Waals surface area contributed by atoms with Crippen LogP contribution in [0.5, 0.6) is 0 Å². The largest absolute Gasteiger partial charge is 0.418 e. The third kappa shape index (κ3) is 3.04. The lowest BCUT2D eigenvalue weighted by Gasteiger charge is -2.14. The normalized spacial score (nSPS) is 12.0. The van der Waals surface area contributed by atoms with Crippen LogP contribution in [-0.4, -0.2) is 30.1 Å². The molecule has 5 rings (SSSR count). The second-order valence-corrected chi connectivity index (χ2v) is 6.32. The number of fused-ring (bicyclic) bond motifs is 2. The second kappa shape index (κ2) is 6.30. The fourth-order valence-electron chi connectivity index (χ4n) is 3.14. The van der Waals surface area contributed by atoms with E-state index >= 15 is 0 Å². The third-order valence-corrected chi connectivity index (χ3v) is 4.46. The zero-order valence-corrected chi connectivity index (χ0v) is 14.6. The minimum absolute atomic E-state index is 0. The van der Waals surface area contributed by atoms with Gasteiger partial charge in [0.15, 0.2) is 5.65 Å². The Bertz CT molecular complexity index is 1350. The van der Waals surface area contributed by atoms with Gasteiger partial charge in [-0.25, -0.2) is 15.0 Å². The standard InChI is InChI=1S/C19H12F3N7.3H2/c20-19(21,22)12-4-6-15(26-10-3-5-13-14(8-10)25-9-24-13)27-17(12)16-11-2-1-7-23-18(11)29-28-16;;;/h1-9H,(H,24,25)(H,26,27)(H,23,28,29);3*1H. The van der Waals surface area contributed by atoms with Crippen LogP contribution in [-0.2, 0) is 6.18 Å². The highest BCUT2D eigenvalue weighted by Crippen LogP contribution is 2.38. The van der Waals surface area contributed by atoms with E-state index in [1.807, 2.05) is 0 Å². The van der Waals surface area contributed by atoms with Crippen LogP contribution < -0.4 is 5.32 Å². The van der Waals surface area contributed by atoms with Crippen LogP contribution in [0.25, 0.3) is 33.5 Å². The van der Waals surface area contributed by atoms with Gasteiger partial charge in [-0.3, -0.25) is 5.10 Å². The molecule has 0 bridgehead atoms. The third-order valence-electron chi connectivity index (χ3n) is 4.46. The SMILES string of the molecule is FC(F)(F)c1ccc(Nc2ccc3nc[nH]c3c2)nc1-c1[nH]nc2ncccc12.[HH].[HH].[HH]. The quantitative estimate of drug-likeness (QED) is 0.376. The van der Waals surface area contributed by atoms with Gasteiger partial charge in [-0.2, -0.15) is 18.3 Å². The number of hydrogen-bond acceptors (Lipinski definition) is 5. The summed E-state index contributed by atoms with van der Waals surface area (Å²) in [5, 5.41) is 10.1. The van der Waals surface area contributed by atoms with Gasteiger partial charge < -0.3 is 10.3 Å². The lowest BCUT2D eigenvalue weighted by Crippen LogP contribution is -2.10. The van der Waals surface area contributed by atoms with Crippen LogP contribution in [0.15, 0.2) is 55.0 Å². The predicted molar refractivity (Wildman–Crippen MR) is 108 cm³/mol. The van der Waals surface area contributed by atoms with Gasteiger partial charge in [0.05, 0.1) is 28.6 Å². The van der Waals surface area contributed by atoms with Crippen molar-refractivity contribution in [2.75, 3.05) is 5.32 Å². The number of rotatable bonds is 3. The molecule has 0 fully saturated rings. The Kier molecular flexibility index (Phi) is 3.73. The van der Waals surface area contributed by atoms with Crippen molar-refractivity contribution in [2.24, 2.45) is 0 Å². The predicted octanol–water partition coefficient (Wildman–Crippen LogP) is 5.40. The zero-order chi connectivity index (χ0) is 20.0. The molecule has 0 spiro atoms. The molecule has 0 radical (unpaired) electrons. The van der Waals surface area contributed by atoms with Gasteiger partial charge in [-0.05, 0) is 42.5 Å². The number of aromatic nitrogens is 6. The molecule has 7 nitrogen and oxygen atoms in total. The number of nitrogens with one attached hydrogen (secondary N) is 3. The molecule has 0 aliphatic carbocycles. The second-order valence-electron chi connectivity index (χ2n) is 6.32. The number of halogens is 3. The first kappa shape index (κ1) is 17.2. The summed E-state index contributed by atoms with van der Waals surface area (Å²) in [5.74, 6) is 0.263. The summed E-state index contributed by atoms with van der Waals surface area (Å²) in [5.41, 5.74) is 1.62. The average molecular weight is 401 g/mol. The smallest absolute Gasteiger partial charge is 0.345 e. The minimum Gasteiger partial charge on any atom is -0.345 e. The molecule has 0 aliphatic heterocycles. The summed E-state index contributed by atoms with van der Waals surface area (Å²) in [6, 6.07) is 11.0. The number of aromatic amines is 2. The fraction of sp³-hybridized carbons (Fsp3) is 0.0526. The highest BCUT2D eigenvalue weighted by molar-refractivity contribution is 5.91. The number of anilines is 2. The highest BCUT2D eigenvalue weighted by Gasteiger charge is 2.35. The number of hydrogen-bond donors (Lipinski definition) is 3. The number of pyridine rings is 2. The number of benzene rings is 1. The first-order valence-electron chi connectivity index (χ1n) is 8.57. The number of alkyl halides is 3. The van der Waals surface area contributed by atoms with Crippen LogP contribution >= 0.6 is 0 Å². The van der Waals surface area contributed by atoms with Crippen molar-refractivity contribution in [1.82, 2.24) is 30.1 Å². The van der Waals surface area contributed by atoms with E-state index in [9.17, 15) is 13.2 Å². The van der Waals surface area contributed by atoms with E-state index in [1.54, 1.807) is 36.7 Å². The summed E-state index contributed by atoms with van der Waals surface area (Å²) < 4.78 is 40.8. The van der Waals surface area contributed by atoms with E-state index in [0.717, 1.165) is 17.1 Å². The Morgan fingerprint density at radius 3 is 2.79 bits per heavy atom. The number of nitrogens with zero attached hydrogens (tertiary/aromatic N) is 4. The molecule has 10 heteroatoms. The summed E-state index contributed by atoms with van der Waals surface area (Å²) in [7, 11) is 0. The van der Waals surface area contributed by atoms with E-state index in [0.29, 0.717) is 16.7 Å². The van der Waals surface area contributed by atoms with Gasteiger partial charge in [0, 0.05) is 21.6 Å². The van der Waals surface area contributed by atoms with Crippen LogP contribution in [0.3, 0.4) is 0 Å². The Balaban J connectivity index is 0.00000121. The Hall–Kier alpha value is -3.95. The minimum atomic E-state index is -4.57. The molecule has 4 aromatic heterocycles. The van der Waals surface area contributed by atoms with Crippen LogP contribution in [0.1, 0.15) is 9.84 Å². The van der Waals surface area contributed by atoms with Crippen molar-refractivity contribution in [3.8, 4) is 11.4 Å². The molecular weight excluding hydrogens is 383 g/mol. The molecule has 0 saturated heterocycles. The lowest BCUT2D eigenvalue weighted by atomic mass is 10.1. The number of H-pyrrole nitrogens is 2. The molecule has 150 valence electrons. The Labute approximate surface area is 165 Å². The molecule has 0 unspecified atom stereocenters. The van der Waals surface area contributed by atoms with Gasteiger partial charge in [0.25, 0.3) is 0 Å². The lowest BCUT2D eigenvalue weighted by molar-refractivity contribution is -0.137. The first-order chi connectivity index (χ1) is 14.0. The van der Waals surface area contributed by atoms with E-state index in [2.05, 4.69) is 35.5 Å². The van der Waals surface area contributed by atoms with E-state index in [-0.39, 0.29) is 21.5 Å². The summed E-state index contributed by atoms with van der Waals surface area (Å²) >= 11 is 0. The average Bonchev–Trinajstić information content (AvgIpc) is 3.33. The van der Waals surface area contributed by atoms with Crippen molar-refractivity contribution < 1.29 is 17.5 Å². The van der Waals surface area contributed by atoms with Gasteiger partial charge in [0.1, 0.15) is 11.5 Å². The van der Waals surface area contributed by atoms with Crippen molar-refractivity contribution in [2.45, 2.75) is 6.18 Å². The zero-order valence-electron chi connectivity index (χ0n) is 14.6. The molecular formula is C19H18F3N7. The van der Waals surface area contributed by atoms with Crippen molar-refractivity contribution in [3.63, 3.8) is 0 Å². The maximum absolute atomic E-state index is 13.6. The topological polar surface area (TPSA) is 95.2 Å². The van der Waals surface area contributed by atoms with Gasteiger partial charge in [-0.15, -0.1) is 0 Å². The van der Waals surface area contributed by atoms with Crippen molar-refractivity contribution >= 4 is 33.6 Å². The van der Waals surface area contributed by atoms with E-state index in [1.165, 1.54) is 12.3 Å². The van der Waals surface area contributed by atoms with Crippen LogP contribution in [0.2, 0.25) is 0 Å². The van der Waals surface area contributed by atoms with Crippen LogP contribution in [0.4, 0.5) is 24.7 Å². The molecule has 0 saturated carbocycles. The Morgan fingerprint density at radius 2 is 1.93 bits per heavy atom. The van der Waals surface area contributed by atoms with Crippen molar-refractivity contribution in [3.05, 3.63) is 60.6 Å². The number of imidazole rings is 1. The monoisotopic (exact) mass is 401 g/mol. The van der Waals surface area contributed by atoms with Gasteiger partial charge >= 0.3 is 6.18 Å². The molecule has 5 aromatic rings. The molecule has 3 N–H and O–H groups in total. The van der Waals surface area contributed by atoms with Gasteiger partial charge in [-0.1, -0.05) is 0 Å². The summed E-state index contributed by atoms with van der Waals surface area (Å²) in [6.07, 6.45) is -1.48. The highest BCUT2D eigenvalue weighted by atomic mass is 19.4. The molecule has 0 aliphatic rings.